The molecular weight excluding hydrogens is 854 g/mol. The van der Waals surface area contributed by atoms with Crippen molar-refractivity contribution in [2.45, 2.75) is 92.4 Å². The molecule has 0 spiro atoms. The quantitative estimate of drug-likeness (QED) is 0.159. The molecule has 12 rings (SSSR count). The molecule has 2 aliphatic heterocycles. The molecule has 69 heavy (non-hydrogen) atoms. The molecule has 5 heteroatoms. The number of rotatable bonds is 5. The first-order valence-electron chi connectivity index (χ1n) is 24.7. The second-order valence-corrected chi connectivity index (χ2v) is 23.9. The lowest BCUT2D eigenvalue weighted by Gasteiger charge is -2.42. The van der Waals surface area contributed by atoms with E-state index < -0.39 is 0 Å². The van der Waals surface area contributed by atoms with Crippen LogP contribution >= 0.6 is 11.3 Å². The zero-order chi connectivity index (χ0) is 47.9. The summed E-state index contributed by atoms with van der Waals surface area (Å²) in [7, 11) is 0. The molecular formula is C64H60BN3S. The third-order valence-electron chi connectivity index (χ3n) is 14.9. The summed E-state index contributed by atoms with van der Waals surface area (Å²) < 4.78 is 5.36. The lowest BCUT2D eigenvalue weighted by Crippen LogP contribution is -2.60. The molecule has 0 saturated heterocycles. The van der Waals surface area contributed by atoms with Crippen LogP contribution in [0.1, 0.15) is 90.1 Å². The molecule has 2 aliphatic rings. The minimum Gasteiger partial charge on any atom is -0.311 e. The van der Waals surface area contributed by atoms with Crippen molar-refractivity contribution in [1.82, 2.24) is 4.57 Å². The van der Waals surface area contributed by atoms with E-state index >= 15 is 0 Å². The Morgan fingerprint density at radius 1 is 0.449 bits per heavy atom. The van der Waals surface area contributed by atoms with Gasteiger partial charge in [0.15, 0.2) is 0 Å². The predicted molar refractivity (Wildman–Crippen MR) is 301 cm³/mol. The highest BCUT2D eigenvalue weighted by Crippen LogP contribution is 2.49. The van der Waals surface area contributed by atoms with Crippen LogP contribution < -0.4 is 26.2 Å². The third-order valence-corrected chi connectivity index (χ3v) is 16.1. The van der Waals surface area contributed by atoms with E-state index in [1.54, 1.807) is 0 Å². The Morgan fingerprint density at radius 2 is 1.06 bits per heavy atom. The fraction of sp³-hybridized carbons (Fsp3) is 0.219. The van der Waals surface area contributed by atoms with Crippen LogP contribution in [0, 0.1) is 13.8 Å². The monoisotopic (exact) mass is 913 g/mol. The maximum Gasteiger partial charge on any atom is 0.252 e. The number of aromatic nitrogens is 1. The van der Waals surface area contributed by atoms with Crippen molar-refractivity contribution in [2.75, 3.05) is 9.80 Å². The Morgan fingerprint density at radius 3 is 1.71 bits per heavy atom. The van der Waals surface area contributed by atoms with Gasteiger partial charge in [-0.2, -0.15) is 0 Å². The first-order valence-corrected chi connectivity index (χ1v) is 25.5. The Kier molecular flexibility index (Phi) is 9.66. The molecule has 0 radical (unpaired) electrons. The van der Waals surface area contributed by atoms with E-state index in [4.69, 9.17) is 0 Å². The van der Waals surface area contributed by atoms with Crippen LogP contribution in [0.15, 0.2) is 164 Å². The topological polar surface area (TPSA) is 11.4 Å². The van der Waals surface area contributed by atoms with Crippen LogP contribution in [0.2, 0.25) is 0 Å². The number of benzene rings is 8. The van der Waals surface area contributed by atoms with Crippen LogP contribution in [0.25, 0.3) is 48.0 Å². The maximum absolute atomic E-state index is 2.66. The van der Waals surface area contributed by atoms with E-state index in [-0.39, 0.29) is 23.0 Å². The van der Waals surface area contributed by atoms with Gasteiger partial charge >= 0.3 is 0 Å². The number of fused-ring (bicyclic) bond motifs is 9. The second kappa shape index (κ2) is 15.3. The Balaban J connectivity index is 1.19. The number of nitrogens with zero attached hydrogens (tertiary/aromatic N) is 3. The van der Waals surface area contributed by atoms with Crippen LogP contribution in [-0.4, -0.2) is 11.3 Å². The standard InChI is InChI=1S/C64H60BN3S/c1-39-21-32-53(49(33-39)41-17-13-12-14-18-41)67-54-38-47(66(45-26-22-42(23-27-45)62(3,4)5)46-28-24-43(25-29-46)63(6,7)8)30-31-51(54)65-52-37-44(64(9,10)11)36-50-59(52)68(56-35-40(2)34-55(67)58(56)65)60-48-19-15-16-20-57(48)69-61(50)60/h12-38H,1-11H3. The summed E-state index contributed by atoms with van der Waals surface area (Å²) in [6.07, 6.45) is 0. The zero-order valence-electron chi connectivity index (χ0n) is 41.9. The largest absolute Gasteiger partial charge is 0.311 e. The fourth-order valence-electron chi connectivity index (χ4n) is 11.3. The molecule has 4 heterocycles. The smallest absolute Gasteiger partial charge is 0.252 e. The molecule has 0 N–H and O–H groups in total. The summed E-state index contributed by atoms with van der Waals surface area (Å²) in [6, 6.07) is 62.9. The number of aryl methyl sites for hydroxylation is 2. The highest BCUT2D eigenvalue weighted by Gasteiger charge is 2.44. The highest BCUT2D eigenvalue weighted by atomic mass is 32.1. The van der Waals surface area contributed by atoms with Crippen molar-refractivity contribution in [3.63, 3.8) is 0 Å². The summed E-state index contributed by atoms with van der Waals surface area (Å²) >= 11 is 1.94. The summed E-state index contributed by atoms with van der Waals surface area (Å²) in [6.45, 7) is 25.4. The summed E-state index contributed by atoms with van der Waals surface area (Å²) in [4.78, 5) is 5.08. The normalized spacial score (nSPS) is 13.4. The average molecular weight is 914 g/mol. The van der Waals surface area contributed by atoms with Crippen molar-refractivity contribution in [1.29, 1.82) is 0 Å². The van der Waals surface area contributed by atoms with Crippen molar-refractivity contribution < 1.29 is 0 Å². The highest BCUT2D eigenvalue weighted by molar-refractivity contribution is 7.26. The molecule has 0 amide bonds. The van der Waals surface area contributed by atoms with E-state index in [9.17, 15) is 0 Å². The van der Waals surface area contributed by atoms with Gasteiger partial charge in [-0.1, -0.05) is 159 Å². The van der Waals surface area contributed by atoms with E-state index in [2.05, 4.69) is 254 Å². The fourth-order valence-corrected chi connectivity index (χ4v) is 12.5. The molecule has 340 valence electrons. The first-order chi connectivity index (χ1) is 32.9. The van der Waals surface area contributed by atoms with Gasteiger partial charge in [0, 0.05) is 55.2 Å². The third kappa shape index (κ3) is 6.90. The summed E-state index contributed by atoms with van der Waals surface area (Å²) in [5.74, 6) is 0. The molecule has 0 atom stereocenters. The van der Waals surface area contributed by atoms with Gasteiger partial charge < -0.3 is 14.4 Å². The summed E-state index contributed by atoms with van der Waals surface area (Å²) in [5.41, 5.74) is 23.9. The molecule has 3 nitrogen and oxygen atoms in total. The average Bonchev–Trinajstić information content (AvgIpc) is 3.85. The van der Waals surface area contributed by atoms with Crippen molar-refractivity contribution in [2.24, 2.45) is 0 Å². The van der Waals surface area contributed by atoms with Gasteiger partial charge in [-0.3, -0.25) is 0 Å². The summed E-state index contributed by atoms with van der Waals surface area (Å²) in [5, 5.41) is 2.68. The van der Waals surface area contributed by atoms with Gasteiger partial charge in [0.05, 0.1) is 21.4 Å². The second-order valence-electron chi connectivity index (χ2n) is 22.9. The number of hydrogen-bond donors (Lipinski definition) is 0. The van der Waals surface area contributed by atoms with Crippen LogP contribution in [0.4, 0.5) is 34.1 Å². The Hall–Kier alpha value is -6.82. The van der Waals surface area contributed by atoms with Crippen LogP contribution in [0.5, 0.6) is 0 Å². The molecule has 0 unspecified atom stereocenters. The van der Waals surface area contributed by atoms with Gasteiger partial charge in [-0.05, 0) is 147 Å². The van der Waals surface area contributed by atoms with Crippen molar-refractivity contribution in [3.8, 4) is 16.8 Å². The van der Waals surface area contributed by atoms with Gasteiger partial charge in [-0.15, -0.1) is 11.3 Å². The van der Waals surface area contributed by atoms with Gasteiger partial charge in [0.2, 0.25) is 0 Å². The molecule has 0 fully saturated rings. The number of hydrogen-bond acceptors (Lipinski definition) is 3. The number of anilines is 6. The molecule has 0 saturated carbocycles. The Labute approximate surface area is 412 Å². The minimum atomic E-state index is -0.0579. The van der Waals surface area contributed by atoms with E-state index in [0.717, 1.165) is 17.1 Å². The first kappa shape index (κ1) is 43.5. The van der Waals surface area contributed by atoms with E-state index in [0.29, 0.717) is 0 Å². The van der Waals surface area contributed by atoms with Gasteiger partial charge in [0.25, 0.3) is 6.71 Å². The number of thiophene rings is 1. The van der Waals surface area contributed by atoms with Crippen molar-refractivity contribution in [3.05, 3.63) is 192 Å². The minimum absolute atomic E-state index is 0.000294. The molecule has 0 aliphatic carbocycles. The SMILES string of the molecule is Cc1ccc(N2c3cc(N(c4ccc(C(C)(C)C)cc4)c4ccc(C(C)(C)C)cc4)ccc3B3c4c2cc(C)cc4-n2c4c3cc(C(C)(C)C)cc4c3sc4ccccc4c32)c(-c2ccccc2)c1. The Bertz CT molecular complexity index is 3630. The maximum atomic E-state index is 2.66. The van der Waals surface area contributed by atoms with Crippen LogP contribution in [-0.2, 0) is 16.2 Å². The van der Waals surface area contributed by atoms with Crippen molar-refractivity contribution >= 4 is 99.8 Å². The molecule has 2 aromatic heterocycles. The molecule has 10 aromatic rings. The lowest BCUT2D eigenvalue weighted by atomic mass is 9.33. The van der Waals surface area contributed by atoms with Crippen LogP contribution in [0.3, 0.4) is 0 Å². The van der Waals surface area contributed by atoms with Gasteiger partial charge in [-0.25, -0.2) is 0 Å². The molecule has 8 aromatic carbocycles. The van der Waals surface area contributed by atoms with Gasteiger partial charge in [0.1, 0.15) is 0 Å². The molecule has 0 bridgehead atoms. The zero-order valence-corrected chi connectivity index (χ0v) is 42.7. The van der Waals surface area contributed by atoms with E-state index in [1.165, 1.54) is 109 Å². The van der Waals surface area contributed by atoms with E-state index in [1.807, 2.05) is 11.3 Å². The lowest BCUT2D eigenvalue weighted by molar-refractivity contribution is 0.590. The predicted octanol–water partition coefficient (Wildman–Crippen LogP) is 16.3.